The van der Waals surface area contributed by atoms with Gasteiger partial charge in [0.1, 0.15) is 0 Å². The van der Waals surface area contributed by atoms with Crippen LogP contribution >= 0.6 is 0 Å². The molecule has 1 aliphatic rings. The van der Waals surface area contributed by atoms with Gasteiger partial charge in [-0.2, -0.15) is 0 Å². The van der Waals surface area contributed by atoms with Crippen molar-refractivity contribution in [3.63, 3.8) is 0 Å². The van der Waals surface area contributed by atoms with E-state index < -0.39 is 0 Å². The molecule has 2 nitrogen and oxygen atoms in total. The molecule has 0 spiro atoms. The van der Waals surface area contributed by atoms with Gasteiger partial charge >= 0.3 is 0 Å². The van der Waals surface area contributed by atoms with Gasteiger partial charge in [-0.15, -0.1) is 0 Å². The predicted molar refractivity (Wildman–Crippen MR) is 86.8 cm³/mol. The summed E-state index contributed by atoms with van der Waals surface area (Å²) in [7, 11) is 4.31. The fraction of sp³-hybridized carbons (Fsp3) is 0.667. The molecule has 112 valence electrons. The summed E-state index contributed by atoms with van der Waals surface area (Å²) < 4.78 is 0. The minimum Gasteiger partial charge on any atom is -0.308 e. The average molecular weight is 274 g/mol. The molecule has 2 heteroatoms. The molecule has 1 aromatic carbocycles. The van der Waals surface area contributed by atoms with Crippen LogP contribution in [0, 0.1) is 11.8 Å². The second kappa shape index (κ2) is 7.24. The Labute approximate surface area is 124 Å². The van der Waals surface area contributed by atoms with E-state index >= 15 is 0 Å². The van der Waals surface area contributed by atoms with Gasteiger partial charge in [-0.3, -0.25) is 0 Å². The van der Waals surface area contributed by atoms with Crippen molar-refractivity contribution >= 4 is 0 Å². The van der Waals surface area contributed by atoms with E-state index in [9.17, 15) is 0 Å². The molecule has 1 fully saturated rings. The predicted octanol–water partition coefficient (Wildman–Crippen LogP) is 3.70. The van der Waals surface area contributed by atoms with Gasteiger partial charge in [0.2, 0.25) is 0 Å². The fourth-order valence-electron chi connectivity index (χ4n) is 3.33. The van der Waals surface area contributed by atoms with Crippen LogP contribution in [-0.2, 0) is 0 Å². The first-order chi connectivity index (χ1) is 9.56. The summed E-state index contributed by atoms with van der Waals surface area (Å²) in [5.74, 6) is 1.65. The van der Waals surface area contributed by atoms with E-state index in [-0.39, 0.29) is 0 Å². The highest BCUT2D eigenvalue weighted by atomic mass is 15.1. The number of rotatable bonds is 5. The van der Waals surface area contributed by atoms with Crippen molar-refractivity contribution in [2.24, 2.45) is 11.8 Å². The van der Waals surface area contributed by atoms with Crippen molar-refractivity contribution in [1.82, 2.24) is 10.2 Å². The largest absolute Gasteiger partial charge is 0.308 e. The van der Waals surface area contributed by atoms with Crippen LogP contribution in [0.25, 0.3) is 0 Å². The molecule has 0 bridgehead atoms. The lowest BCUT2D eigenvalue weighted by Gasteiger charge is -2.37. The van der Waals surface area contributed by atoms with Crippen molar-refractivity contribution in [2.75, 3.05) is 20.6 Å². The minimum atomic E-state index is 0.434. The van der Waals surface area contributed by atoms with E-state index in [1.807, 2.05) is 0 Å². The molecule has 0 radical (unpaired) electrons. The molecule has 1 aliphatic carbocycles. The lowest BCUT2D eigenvalue weighted by Crippen LogP contribution is -2.44. The molecular formula is C18H30N2. The molecule has 0 amide bonds. The van der Waals surface area contributed by atoms with Crippen LogP contribution in [0.5, 0.6) is 0 Å². The van der Waals surface area contributed by atoms with Gasteiger partial charge in [0.25, 0.3) is 0 Å². The molecule has 4 atom stereocenters. The van der Waals surface area contributed by atoms with Crippen LogP contribution in [0.3, 0.4) is 0 Å². The first-order valence-electron chi connectivity index (χ1n) is 8.02. The van der Waals surface area contributed by atoms with Crippen LogP contribution in [0.1, 0.15) is 44.7 Å². The zero-order valence-corrected chi connectivity index (χ0v) is 13.5. The summed E-state index contributed by atoms with van der Waals surface area (Å²) in [6.45, 7) is 5.85. The fourth-order valence-corrected chi connectivity index (χ4v) is 3.33. The molecule has 0 aliphatic heterocycles. The van der Waals surface area contributed by atoms with Crippen molar-refractivity contribution in [1.29, 1.82) is 0 Å². The van der Waals surface area contributed by atoms with Crippen LogP contribution in [-0.4, -0.2) is 31.6 Å². The third kappa shape index (κ3) is 4.32. The van der Waals surface area contributed by atoms with E-state index in [4.69, 9.17) is 0 Å². The Balaban J connectivity index is 2.07. The maximum atomic E-state index is 3.94. The summed E-state index contributed by atoms with van der Waals surface area (Å²) in [4.78, 5) is 2.28. The van der Waals surface area contributed by atoms with E-state index in [0.29, 0.717) is 12.1 Å². The molecule has 0 saturated heterocycles. The van der Waals surface area contributed by atoms with Crippen LogP contribution in [0.4, 0.5) is 0 Å². The SMILES string of the molecule is CC1CCC(C)C(NC(CN(C)C)c2ccccc2)C1. The van der Waals surface area contributed by atoms with Crippen molar-refractivity contribution in [3.05, 3.63) is 35.9 Å². The van der Waals surface area contributed by atoms with Crippen molar-refractivity contribution in [3.8, 4) is 0 Å². The lowest BCUT2D eigenvalue weighted by atomic mass is 9.79. The zero-order valence-electron chi connectivity index (χ0n) is 13.5. The minimum absolute atomic E-state index is 0.434. The Morgan fingerprint density at radius 2 is 1.85 bits per heavy atom. The number of nitrogens with zero attached hydrogens (tertiary/aromatic N) is 1. The highest BCUT2D eigenvalue weighted by Gasteiger charge is 2.27. The van der Waals surface area contributed by atoms with Crippen LogP contribution in [0.2, 0.25) is 0 Å². The Morgan fingerprint density at radius 3 is 2.50 bits per heavy atom. The number of benzene rings is 1. The van der Waals surface area contributed by atoms with Crippen molar-refractivity contribution < 1.29 is 0 Å². The van der Waals surface area contributed by atoms with E-state index in [2.05, 4.69) is 68.5 Å². The Hall–Kier alpha value is -0.860. The van der Waals surface area contributed by atoms with Gasteiger partial charge in [0, 0.05) is 18.6 Å². The number of hydrogen-bond donors (Lipinski definition) is 1. The number of hydrogen-bond acceptors (Lipinski definition) is 2. The summed E-state index contributed by atoms with van der Waals surface area (Å²) in [5.41, 5.74) is 1.41. The molecule has 0 heterocycles. The average Bonchev–Trinajstić information content (AvgIpc) is 2.42. The third-order valence-corrected chi connectivity index (χ3v) is 4.62. The standard InChI is InChI=1S/C18H30N2/c1-14-10-11-15(2)17(12-14)19-18(13-20(3)4)16-8-6-5-7-9-16/h5-9,14-15,17-19H,10-13H2,1-4H3. The smallest absolute Gasteiger partial charge is 0.0451 e. The zero-order chi connectivity index (χ0) is 14.5. The van der Waals surface area contributed by atoms with E-state index in [1.165, 1.54) is 24.8 Å². The molecule has 2 rings (SSSR count). The molecule has 4 unspecified atom stereocenters. The summed E-state index contributed by atoms with van der Waals surface area (Å²) >= 11 is 0. The summed E-state index contributed by atoms with van der Waals surface area (Å²) in [6, 6.07) is 12.0. The molecular weight excluding hydrogens is 244 g/mol. The summed E-state index contributed by atoms with van der Waals surface area (Å²) in [5, 5.41) is 3.94. The maximum Gasteiger partial charge on any atom is 0.0451 e. The van der Waals surface area contributed by atoms with Crippen LogP contribution in [0.15, 0.2) is 30.3 Å². The highest BCUT2D eigenvalue weighted by Crippen LogP contribution is 2.30. The Kier molecular flexibility index (Phi) is 5.62. The molecule has 1 N–H and O–H groups in total. The number of likely N-dealkylation sites (N-methyl/N-ethyl adjacent to an activating group) is 1. The second-order valence-corrected chi connectivity index (χ2v) is 6.89. The second-order valence-electron chi connectivity index (χ2n) is 6.89. The van der Waals surface area contributed by atoms with Gasteiger partial charge in [-0.05, 0) is 44.3 Å². The topological polar surface area (TPSA) is 15.3 Å². The normalized spacial score (nSPS) is 28.6. The van der Waals surface area contributed by atoms with Gasteiger partial charge in [-0.25, -0.2) is 0 Å². The van der Waals surface area contributed by atoms with Crippen molar-refractivity contribution in [2.45, 2.75) is 45.2 Å². The molecule has 20 heavy (non-hydrogen) atoms. The Morgan fingerprint density at radius 1 is 1.15 bits per heavy atom. The van der Waals surface area contributed by atoms with Gasteiger partial charge in [0.15, 0.2) is 0 Å². The summed E-state index contributed by atoms with van der Waals surface area (Å²) in [6.07, 6.45) is 4.07. The lowest BCUT2D eigenvalue weighted by molar-refractivity contribution is 0.200. The maximum absolute atomic E-state index is 3.94. The Bertz CT molecular complexity index is 388. The monoisotopic (exact) mass is 274 g/mol. The molecule has 1 aromatic rings. The molecule has 1 saturated carbocycles. The van der Waals surface area contributed by atoms with Gasteiger partial charge < -0.3 is 10.2 Å². The van der Waals surface area contributed by atoms with E-state index in [0.717, 1.165) is 18.4 Å². The van der Waals surface area contributed by atoms with Crippen LogP contribution < -0.4 is 5.32 Å². The highest BCUT2D eigenvalue weighted by molar-refractivity contribution is 5.19. The third-order valence-electron chi connectivity index (χ3n) is 4.62. The number of nitrogens with one attached hydrogen (secondary N) is 1. The molecule has 0 aromatic heterocycles. The first kappa shape index (κ1) is 15.5. The van der Waals surface area contributed by atoms with Gasteiger partial charge in [0.05, 0.1) is 0 Å². The van der Waals surface area contributed by atoms with E-state index in [1.54, 1.807) is 0 Å². The van der Waals surface area contributed by atoms with Gasteiger partial charge in [-0.1, -0.05) is 50.6 Å². The first-order valence-corrected chi connectivity index (χ1v) is 8.02. The quantitative estimate of drug-likeness (QED) is 0.880.